The van der Waals surface area contributed by atoms with Gasteiger partial charge in [0.25, 0.3) is 0 Å². The van der Waals surface area contributed by atoms with Gasteiger partial charge in [-0.1, -0.05) is 18.6 Å². The van der Waals surface area contributed by atoms with Crippen molar-refractivity contribution < 1.29 is 14.6 Å². The van der Waals surface area contributed by atoms with E-state index in [1.807, 2.05) is 25.1 Å². The standard InChI is InChI=1S/C16H25NO3/c1-4-17-7-8-19-14(10-17)11-20-16-6-5-12(2)9-15(16)13(3)18/h5-6,9,13-14,18H,4,7-8,10-11H2,1-3H3/t13-,14?/m1/s1. The molecule has 0 aromatic heterocycles. The van der Waals surface area contributed by atoms with E-state index < -0.39 is 6.10 Å². The van der Waals surface area contributed by atoms with Gasteiger partial charge in [0.15, 0.2) is 0 Å². The van der Waals surface area contributed by atoms with Crippen molar-refractivity contribution in [3.8, 4) is 5.75 Å². The molecule has 1 aliphatic rings. The van der Waals surface area contributed by atoms with E-state index in [0.717, 1.165) is 43.1 Å². The molecule has 0 radical (unpaired) electrons. The molecule has 0 spiro atoms. The second-order valence-corrected chi connectivity index (χ2v) is 5.41. The van der Waals surface area contributed by atoms with E-state index in [4.69, 9.17) is 9.47 Å². The number of rotatable bonds is 5. The normalized spacial score (nSPS) is 21.7. The van der Waals surface area contributed by atoms with E-state index in [9.17, 15) is 5.11 Å². The van der Waals surface area contributed by atoms with Gasteiger partial charge in [0, 0.05) is 18.7 Å². The van der Waals surface area contributed by atoms with Gasteiger partial charge in [0.1, 0.15) is 18.5 Å². The Labute approximate surface area is 121 Å². The van der Waals surface area contributed by atoms with Gasteiger partial charge in [-0.2, -0.15) is 0 Å². The quantitative estimate of drug-likeness (QED) is 0.897. The fourth-order valence-electron chi connectivity index (χ4n) is 2.48. The number of aliphatic hydroxyl groups excluding tert-OH is 1. The lowest BCUT2D eigenvalue weighted by atomic mass is 10.1. The van der Waals surface area contributed by atoms with Gasteiger partial charge in [-0.05, 0) is 32.5 Å². The topological polar surface area (TPSA) is 41.9 Å². The van der Waals surface area contributed by atoms with Crippen molar-refractivity contribution in [1.82, 2.24) is 4.90 Å². The smallest absolute Gasteiger partial charge is 0.125 e. The van der Waals surface area contributed by atoms with Crippen molar-refractivity contribution in [2.24, 2.45) is 0 Å². The summed E-state index contributed by atoms with van der Waals surface area (Å²) in [6.45, 7) is 10.2. The van der Waals surface area contributed by atoms with Crippen LogP contribution in [0.1, 0.15) is 31.1 Å². The molecule has 4 heteroatoms. The van der Waals surface area contributed by atoms with Crippen LogP contribution in [-0.4, -0.2) is 49.0 Å². The first kappa shape index (κ1) is 15.3. The number of ether oxygens (including phenoxy) is 2. The van der Waals surface area contributed by atoms with E-state index in [-0.39, 0.29) is 6.10 Å². The predicted molar refractivity (Wildman–Crippen MR) is 79.2 cm³/mol. The first-order chi connectivity index (χ1) is 9.60. The molecule has 1 unspecified atom stereocenters. The molecular weight excluding hydrogens is 254 g/mol. The van der Waals surface area contributed by atoms with Crippen LogP contribution in [0.2, 0.25) is 0 Å². The summed E-state index contributed by atoms with van der Waals surface area (Å²) in [6.07, 6.45) is -0.420. The maximum atomic E-state index is 9.83. The second-order valence-electron chi connectivity index (χ2n) is 5.41. The third-order valence-corrected chi connectivity index (χ3v) is 3.71. The molecule has 1 aromatic carbocycles. The average molecular weight is 279 g/mol. The molecule has 1 aromatic rings. The molecule has 112 valence electrons. The number of aliphatic hydroxyl groups is 1. The fourth-order valence-corrected chi connectivity index (χ4v) is 2.48. The zero-order chi connectivity index (χ0) is 14.5. The molecule has 2 atom stereocenters. The van der Waals surface area contributed by atoms with E-state index in [2.05, 4.69) is 11.8 Å². The number of likely N-dealkylation sites (N-methyl/N-ethyl adjacent to an activating group) is 1. The van der Waals surface area contributed by atoms with Crippen LogP contribution >= 0.6 is 0 Å². The summed E-state index contributed by atoms with van der Waals surface area (Å²) in [6, 6.07) is 5.90. The highest BCUT2D eigenvalue weighted by molar-refractivity contribution is 5.38. The largest absolute Gasteiger partial charge is 0.490 e. The third-order valence-electron chi connectivity index (χ3n) is 3.71. The molecule has 2 rings (SSSR count). The molecule has 20 heavy (non-hydrogen) atoms. The Morgan fingerprint density at radius 3 is 3.00 bits per heavy atom. The van der Waals surface area contributed by atoms with Crippen LogP contribution in [0, 0.1) is 6.92 Å². The highest BCUT2D eigenvalue weighted by Gasteiger charge is 2.20. The minimum Gasteiger partial charge on any atom is -0.490 e. The Hall–Kier alpha value is -1.10. The van der Waals surface area contributed by atoms with Crippen molar-refractivity contribution in [3.63, 3.8) is 0 Å². The molecule has 1 heterocycles. The number of aryl methyl sites for hydroxylation is 1. The monoisotopic (exact) mass is 279 g/mol. The molecule has 0 amide bonds. The lowest BCUT2D eigenvalue weighted by Gasteiger charge is -2.32. The zero-order valence-electron chi connectivity index (χ0n) is 12.6. The van der Waals surface area contributed by atoms with Crippen molar-refractivity contribution in [2.75, 3.05) is 32.8 Å². The highest BCUT2D eigenvalue weighted by Crippen LogP contribution is 2.26. The van der Waals surface area contributed by atoms with Crippen molar-refractivity contribution >= 4 is 0 Å². The van der Waals surface area contributed by atoms with Gasteiger partial charge in [0.2, 0.25) is 0 Å². The van der Waals surface area contributed by atoms with Crippen LogP contribution in [0.25, 0.3) is 0 Å². The van der Waals surface area contributed by atoms with Crippen LogP contribution in [0.3, 0.4) is 0 Å². The number of hydrogen-bond donors (Lipinski definition) is 1. The Bertz CT molecular complexity index is 434. The van der Waals surface area contributed by atoms with Crippen LogP contribution in [-0.2, 0) is 4.74 Å². The third kappa shape index (κ3) is 3.95. The molecule has 1 fully saturated rings. The van der Waals surface area contributed by atoms with Crippen molar-refractivity contribution in [3.05, 3.63) is 29.3 Å². The maximum Gasteiger partial charge on any atom is 0.125 e. The van der Waals surface area contributed by atoms with Gasteiger partial charge in [-0.25, -0.2) is 0 Å². The Balaban J connectivity index is 1.96. The van der Waals surface area contributed by atoms with Gasteiger partial charge >= 0.3 is 0 Å². The summed E-state index contributed by atoms with van der Waals surface area (Å²) in [5.41, 5.74) is 1.97. The molecule has 0 saturated carbocycles. The van der Waals surface area contributed by atoms with E-state index in [1.54, 1.807) is 6.92 Å². The Morgan fingerprint density at radius 1 is 1.50 bits per heavy atom. The first-order valence-corrected chi connectivity index (χ1v) is 7.35. The highest BCUT2D eigenvalue weighted by atomic mass is 16.5. The van der Waals surface area contributed by atoms with Gasteiger partial charge < -0.3 is 14.6 Å². The summed E-state index contributed by atoms with van der Waals surface area (Å²) in [4.78, 5) is 2.36. The van der Waals surface area contributed by atoms with Crippen LogP contribution < -0.4 is 4.74 Å². The number of morpholine rings is 1. The van der Waals surface area contributed by atoms with Crippen LogP contribution in [0.15, 0.2) is 18.2 Å². The number of nitrogens with zero attached hydrogens (tertiary/aromatic N) is 1. The Kier molecular flexibility index (Phi) is 5.40. The summed E-state index contributed by atoms with van der Waals surface area (Å²) < 4.78 is 11.6. The summed E-state index contributed by atoms with van der Waals surface area (Å²) >= 11 is 0. The lowest BCUT2D eigenvalue weighted by molar-refractivity contribution is -0.0467. The summed E-state index contributed by atoms with van der Waals surface area (Å²) in [5, 5.41) is 9.83. The van der Waals surface area contributed by atoms with Crippen molar-refractivity contribution in [1.29, 1.82) is 0 Å². The molecular formula is C16H25NO3. The molecule has 4 nitrogen and oxygen atoms in total. The number of benzene rings is 1. The lowest BCUT2D eigenvalue weighted by Crippen LogP contribution is -2.44. The zero-order valence-corrected chi connectivity index (χ0v) is 12.6. The minimum absolute atomic E-state index is 0.104. The molecule has 0 aliphatic carbocycles. The molecule has 0 bridgehead atoms. The fraction of sp³-hybridized carbons (Fsp3) is 0.625. The van der Waals surface area contributed by atoms with E-state index in [1.165, 1.54) is 0 Å². The Morgan fingerprint density at radius 2 is 2.30 bits per heavy atom. The SMILES string of the molecule is CCN1CCOC(COc2ccc(C)cc2[C@@H](C)O)C1. The predicted octanol–water partition coefficient (Wildman–Crippen LogP) is 2.15. The average Bonchev–Trinajstić information content (AvgIpc) is 2.46. The molecule has 1 N–H and O–H groups in total. The minimum atomic E-state index is -0.524. The van der Waals surface area contributed by atoms with Crippen LogP contribution in [0.5, 0.6) is 5.75 Å². The molecule has 1 aliphatic heterocycles. The second kappa shape index (κ2) is 7.07. The summed E-state index contributed by atoms with van der Waals surface area (Å²) in [5.74, 6) is 0.753. The molecule has 1 saturated heterocycles. The first-order valence-electron chi connectivity index (χ1n) is 7.35. The van der Waals surface area contributed by atoms with Gasteiger partial charge in [0.05, 0.1) is 12.7 Å². The van der Waals surface area contributed by atoms with E-state index >= 15 is 0 Å². The van der Waals surface area contributed by atoms with E-state index in [0.29, 0.717) is 6.61 Å². The van der Waals surface area contributed by atoms with Crippen LogP contribution in [0.4, 0.5) is 0 Å². The number of hydrogen-bond acceptors (Lipinski definition) is 4. The van der Waals surface area contributed by atoms with Crippen molar-refractivity contribution in [2.45, 2.75) is 33.0 Å². The van der Waals surface area contributed by atoms with Gasteiger partial charge in [-0.15, -0.1) is 0 Å². The maximum absolute atomic E-state index is 9.83. The van der Waals surface area contributed by atoms with Gasteiger partial charge in [-0.3, -0.25) is 4.90 Å². The summed E-state index contributed by atoms with van der Waals surface area (Å²) in [7, 11) is 0.